The lowest BCUT2D eigenvalue weighted by atomic mass is 9.39. The third-order valence-electron chi connectivity index (χ3n) is 8.82. The molecule has 0 aromatic carbocycles. The van der Waals surface area contributed by atoms with Gasteiger partial charge in [0.2, 0.25) is 0 Å². The van der Waals surface area contributed by atoms with Crippen LogP contribution >= 0.6 is 0 Å². The van der Waals surface area contributed by atoms with Gasteiger partial charge in [-0.3, -0.25) is 9.59 Å². The Morgan fingerprint density at radius 1 is 1.21 bits per heavy atom. The molecule has 4 rings (SSSR count). The highest BCUT2D eigenvalue weighted by atomic mass is 16.5. The minimum atomic E-state index is -1.48. The number of carbonyl (C=O) groups is 2. The monoisotopic (exact) mass is 392 g/mol. The van der Waals surface area contributed by atoms with Crippen molar-refractivity contribution in [3.8, 4) is 0 Å². The average molecular weight is 392 g/mol. The molecule has 0 aromatic heterocycles. The van der Waals surface area contributed by atoms with Crippen LogP contribution in [0.2, 0.25) is 0 Å². The zero-order valence-electron chi connectivity index (χ0n) is 17.2. The van der Waals surface area contributed by atoms with E-state index in [9.17, 15) is 24.9 Å². The third kappa shape index (κ3) is 2.20. The molecule has 28 heavy (non-hydrogen) atoms. The van der Waals surface area contributed by atoms with Crippen molar-refractivity contribution in [1.29, 1.82) is 0 Å². The van der Waals surface area contributed by atoms with E-state index in [4.69, 9.17) is 4.74 Å². The molecule has 4 saturated carbocycles. The molecule has 4 fully saturated rings. The molecule has 0 aliphatic heterocycles. The van der Waals surface area contributed by atoms with Crippen molar-refractivity contribution in [2.75, 3.05) is 0 Å². The first kappa shape index (κ1) is 20.0. The minimum Gasteiger partial charge on any atom is -0.462 e. The molecule has 0 radical (unpaired) electrons. The number of ketones is 1. The molecule has 0 amide bonds. The van der Waals surface area contributed by atoms with Crippen molar-refractivity contribution >= 4 is 11.8 Å². The van der Waals surface area contributed by atoms with Crippen LogP contribution in [-0.4, -0.2) is 51.0 Å². The maximum absolute atomic E-state index is 13.4. The Morgan fingerprint density at radius 2 is 1.86 bits per heavy atom. The maximum atomic E-state index is 13.4. The predicted molar refractivity (Wildman–Crippen MR) is 101 cm³/mol. The highest BCUT2D eigenvalue weighted by molar-refractivity contribution is 6.05. The molecule has 6 heteroatoms. The molecule has 0 aromatic rings. The zero-order chi connectivity index (χ0) is 20.9. The maximum Gasteiger partial charge on any atom is 0.302 e. The minimum absolute atomic E-state index is 0.0414. The van der Waals surface area contributed by atoms with E-state index >= 15 is 0 Å². The highest BCUT2D eigenvalue weighted by Gasteiger charge is 2.77. The summed E-state index contributed by atoms with van der Waals surface area (Å²) in [5.41, 5.74) is -3.51. The van der Waals surface area contributed by atoms with Gasteiger partial charge in [0.05, 0.1) is 23.2 Å². The van der Waals surface area contributed by atoms with Crippen molar-refractivity contribution in [2.24, 2.45) is 28.1 Å². The van der Waals surface area contributed by atoms with Gasteiger partial charge in [0.15, 0.2) is 5.78 Å². The first-order valence-electron chi connectivity index (χ1n) is 10.3. The summed E-state index contributed by atoms with van der Waals surface area (Å²) >= 11 is 0. The van der Waals surface area contributed by atoms with E-state index in [0.29, 0.717) is 12.8 Å². The number of aliphatic hydroxyl groups is 3. The molecule has 0 heterocycles. The summed E-state index contributed by atoms with van der Waals surface area (Å²) in [6, 6.07) is 0. The molecule has 1 spiro atoms. The molecule has 8 atom stereocenters. The van der Waals surface area contributed by atoms with Crippen LogP contribution in [0.1, 0.15) is 59.8 Å². The van der Waals surface area contributed by atoms with E-state index in [0.717, 1.165) is 6.42 Å². The third-order valence-corrected chi connectivity index (χ3v) is 8.82. The van der Waals surface area contributed by atoms with Crippen LogP contribution in [0.5, 0.6) is 0 Å². The van der Waals surface area contributed by atoms with Crippen LogP contribution < -0.4 is 0 Å². The quantitative estimate of drug-likeness (QED) is 0.464. The Hall–Kier alpha value is -1.24. The first-order chi connectivity index (χ1) is 12.8. The summed E-state index contributed by atoms with van der Waals surface area (Å²) in [7, 11) is 0. The van der Waals surface area contributed by atoms with E-state index in [2.05, 4.69) is 20.4 Å². The van der Waals surface area contributed by atoms with Crippen LogP contribution in [0.15, 0.2) is 12.2 Å². The number of Topliss-reactive ketones (excluding diaryl/α,β-unsaturated/α-hetero) is 1. The number of hydrogen-bond acceptors (Lipinski definition) is 6. The van der Waals surface area contributed by atoms with Crippen molar-refractivity contribution in [1.82, 2.24) is 0 Å². The molecule has 4 aliphatic carbocycles. The number of esters is 1. The van der Waals surface area contributed by atoms with Gasteiger partial charge in [0, 0.05) is 30.3 Å². The normalized spacial score (nSPS) is 52.0. The number of aliphatic hydroxyl groups excluding tert-OH is 2. The second-order valence-electron chi connectivity index (χ2n) is 10.6. The number of fused-ring (bicyclic) bond motifs is 3. The van der Waals surface area contributed by atoms with Gasteiger partial charge in [-0.05, 0) is 37.0 Å². The smallest absolute Gasteiger partial charge is 0.302 e. The van der Waals surface area contributed by atoms with Crippen LogP contribution in [0.25, 0.3) is 0 Å². The summed E-state index contributed by atoms with van der Waals surface area (Å²) < 4.78 is 5.66. The number of ether oxygens (including phenoxy) is 1. The Kier molecular flexibility index (Phi) is 4.06. The Labute approximate surface area is 166 Å². The molecule has 6 nitrogen and oxygen atoms in total. The van der Waals surface area contributed by atoms with Gasteiger partial charge in [-0.2, -0.15) is 0 Å². The summed E-state index contributed by atoms with van der Waals surface area (Å²) in [6.07, 6.45) is -0.465. The van der Waals surface area contributed by atoms with Crippen molar-refractivity contribution in [3.63, 3.8) is 0 Å². The highest BCUT2D eigenvalue weighted by Crippen LogP contribution is 2.72. The summed E-state index contributed by atoms with van der Waals surface area (Å²) in [5.74, 6) is -1.44. The van der Waals surface area contributed by atoms with E-state index in [1.807, 2.05) is 6.92 Å². The topological polar surface area (TPSA) is 104 Å². The van der Waals surface area contributed by atoms with Gasteiger partial charge in [0.1, 0.15) is 6.10 Å². The van der Waals surface area contributed by atoms with E-state index in [1.165, 1.54) is 6.92 Å². The molecular formula is C22H32O6. The van der Waals surface area contributed by atoms with Gasteiger partial charge in [-0.25, -0.2) is 0 Å². The lowest BCUT2D eigenvalue weighted by Gasteiger charge is -2.66. The summed E-state index contributed by atoms with van der Waals surface area (Å²) in [5, 5.41) is 33.7. The largest absolute Gasteiger partial charge is 0.462 e. The standard InChI is InChI=1S/C22H32O6/c1-11-18(26)22-10-21(11,27)9-13(28-12(2)23)17(22)20(5)14(8-16(22)25)19(3,4)7-6-15(20)24/h13-17,24-25,27H,1,6-10H2,2-5H3/t13-,14+,15-,16+,17-,20-,21-,22-/m0/s1. The van der Waals surface area contributed by atoms with Gasteiger partial charge < -0.3 is 20.1 Å². The number of rotatable bonds is 1. The Bertz CT molecular complexity index is 758. The molecule has 4 aliphatic rings. The van der Waals surface area contributed by atoms with E-state index in [-0.39, 0.29) is 35.5 Å². The molecule has 0 saturated heterocycles. The molecule has 156 valence electrons. The van der Waals surface area contributed by atoms with Crippen LogP contribution in [0.3, 0.4) is 0 Å². The number of carbonyl (C=O) groups excluding carboxylic acids is 2. The molecule has 2 bridgehead atoms. The fraction of sp³-hybridized carbons (Fsp3) is 0.818. The molecule has 3 N–H and O–H groups in total. The lowest BCUT2D eigenvalue weighted by Crippen LogP contribution is -2.70. The SMILES string of the molecule is C=C1C(=O)[C@]23C[C@@]1(O)C[C@H](OC(C)=O)[C@H]2[C@@]1(C)[C@H](C[C@H]3O)C(C)(C)CC[C@@H]1O. The second kappa shape index (κ2) is 5.67. The van der Waals surface area contributed by atoms with Crippen LogP contribution in [0, 0.1) is 28.1 Å². The molecular weight excluding hydrogens is 360 g/mol. The average Bonchev–Trinajstić information content (AvgIpc) is 2.73. The van der Waals surface area contributed by atoms with E-state index in [1.54, 1.807) is 0 Å². The van der Waals surface area contributed by atoms with Crippen LogP contribution in [0.4, 0.5) is 0 Å². The van der Waals surface area contributed by atoms with Crippen LogP contribution in [-0.2, 0) is 14.3 Å². The Morgan fingerprint density at radius 3 is 2.46 bits per heavy atom. The van der Waals surface area contributed by atoms with Crippen molar-refractivity contribution in [2.45, 2.75) is 83.7 Å². The van der Waals surface area contributed by atoms with Gasteiger partial charge in [-0.1, -0.05) is 27.4 Å². The number of hydrogen-bond donors (Lipinski definition) is 3. The summed E-state index contributed by atoms with van der Waals surface area (Å²) in [4.78, 5) is 25.3. The van der Waals surface area contributed by atoms with Gasteiger partial charge >= 0.3 is 5.97 Å². The first-order valence-corrected chi connectivity index (χ1v) is 10.3. The second-order valence-corrected chi connectivity index (χ2v) is 10.6. The fourth-order valence-electron chi connectivity index (χ4n) is 7.65. The molecule has 0 unspecified atom stereocenters. The Balaban J connectivity index is 1.95. The zero-order valence-corrected chi connectivity index (χ0v) is 17.2. The lowest BCUT2D eigenvalue weighted by molar-refractivity contribution is -0.265. The van der Waals surface area contributed by atoms with E-state index < -0.39 is 46.6 Å². The van der Waals surface area contributed by atoms with Gasteiger partial charge in [0.25, 0.3) is 0 Å². The van der Waals surface area contributed by atoms with Gasteiger partial charge in [-0.15, -0.1) is 0 Å². The summed E-state index contributed by atoms with van der Waals surface area (Å²) in [6.45, 7) is 11.4. The fourth-order valence-corrected chi connectivity index (χ4v) is 7.65. The predicted octanol–water partition coefficient (Wildman–Crippen LogP) is 1.75. The van der Waals surface area contributed by atoms with Crippen molar-refractivity contribution in [3.05, 3.63) is 12.2 Å². The van der Waals surface area contributed by atoms with Crippen molar-refractivity contribution < 1.29 is 29.6 Å².